The fraction of sp³-hybridized carbons (Fsp3) is 0.190. The van der Waals surface area contributed by atoms with Gasteiger partial charge in [-0.15, -0.1) is 10.2 Å². The van der Waals surface area contributed by atoms with E-state index in [-0.39, 0.29) is 5.78 Å². The average molecular weight is 376 g/mol. The number of hydrogen-bond acceptors (Lipinski definition) is 4. The fourth-order valence-corrected chi connectivity index (χ4v) is 4.23. The molecule has 2 aromatic heterocycles. The molecule has 0 aliphatic carbocycles. The number of aromatic amines is 1. The van der Waals surface area contributed by atoms with Crippen molar-refractivity contribution in [2.45, 2.75) is 25.9 Å². The Kier molecular flexibility index (Phi) is 4.58. The molecule has 5 nitrogen and oxygen atoms in total. The van der Waals surface area contributed by atoms with E-state index < -0.39 is 0 Å². The van der Waals surface area contributed by atoms with Gasteiger partial charge in [-0.3, -0.25) is 9.36 Å². The van der Waals surface area contributed by atoms with Crippen LogP contribution in [0.2, 0.25) is 0 Å². The highest BCUT2D eigenvalue weighted by Crippen LogP contribution is 2.27. The first-order valence-corrected chi connectivity index (χ1v) is 9.76. The number of nitrogens with one attached hydrogen (secondary N) is 1. The molecule has 0 aliphatic rings. The number of Topliss-reactive ketones (excluding diaryl/α,β-unsaturated/α-hetero) is 1. The van der Waals surface area contributed by atoms with E-state index >= 15 is 0 Å². The largest absolute Gasteiger partial charge is 0.358 e. The molecule has 0 bridgehead atoms. The molecule has 0 unspecified atom stereocenters. The minimum atomic E-state index is 0.0898. The Morgan fingerprint density at radius 3 is 2.59 bits per heavy atom. The number of aromatic nitrogens is 4. The van der Waals surface area contributed by atoms with Gasteiger partial charge < -0.3 is 4.98 Å². The smallest absolute Gasteiger partial charge is 0.196 e. The van der Waals surface area contributed by atoms with Crippen LogP contribution in [-0.4, -0.2) is 31.3 Å². The molecule has 0 amide bonds. The Morgan fingerprint density at radius 2 is 1.78 bits per heavy atom. The van der Waals surface area contributed by atoms with Crippen LogP contribution >= 0.6 is 11.8 Å². The van der Waals surface area contributed by atoms with E-state index in [9.17, 15) is 4.79 Å². The number of carbonyl (C=O) groups is 1. The lowest BCUT2D eigenvalue weighted by molar-refractivity contribution is 0.102. The Hall–Kier alpha value is -2.86. The highest BCUT2D eigenvalue weighted by Gasteiger charge is 2.19. The summed E-state index contributed by atoms with van der Waals surface area (Å²) in [6.07, 6.45) is 0. The molecule has 0 saturated heterocycles. The predicted molar refractivity (Wildman–Crippen MR) is 109 cm³/mol. The molecule has 0 spiro atoms. The second-order valence-corrected chi connectivity index (χ2v) is 7.48. The van der Waals surface area contributed by atoms with Crippen molar-refractivity contribution in [2.75, 3.05) is 5.75 Å². The third-order valence-corrected chi connectivity index (χ3v) is 5.59. The Morgan fingerprint density at radius 1 is 1.04 bits per heavy atom. The van der Waals surface area contributed by atoms with E-state index in [2.05, 4.69) is 28.2 Å². The third-order valence-electron chi connectivity index (χ3n) is 4.66. The number of hydrogen-bond donors (Lipinski definition) is 1. The van der Waals surface area contributed by atoms with Crippen molar-refractivity contribution in [3.63, 3.8) is 0 Å². The summed E-state index contributed by atoms with van der Waals surface area (Å²) < 4.78 is 2.01. The zero-order chi connectivity index (χ0) is 19.0. The van der Waals surface area contributed by atoms with Gasteiger partial charge in [-0.05, 0) is 38.5 Å². The quantitative estimate of drug-likeness (QED) is 0.407. The number of H-pyrrole nitrogens is 1. The second-order valence-electron chi connectivity index (χ2n) is 6.53. The highest BCUT2D eigenvalue weighted by atomic mass is 32.2. The van der Waals surface area contributed by atoms with Crippen LogP contribution in [0.5, 0.6) is 0 Å². The van der Waals surface area contributed by atoms with Gasteiger partial charge in [-0.2, -0.15) is 0 Å². The number of ketones is 1. The molecule has 0 aliphatic heterocycles. The minimum Gasteiger partial charge on any atom is -0.358 e. The number of thioether (sulfide) groups is 1. The van der Waals surface area contributed by atoms with Crippen LogP contribution in [0.25, 0.3) is 16.6 Å². The van der Waals surface area contributed by atoms with Gasteiger partial charge in [0.05, 0.1) is 11.4 Å². The van der Waals surface area contributed by atoms with Gasteiger partial charge in [0.2, 0.25) is 0 Å². The topological polar surface area (TPSA) is 63.6 Å². The van der Waals surface area contributed by atoms with Crippen molar-refractivity contribution in [1.82, 2.24) is 19.7 Å². The number of nitrogens with zero attached hydrogens (tertiary/aromatic N) is 3. The molecule has 4 aromatic rings. The summed E-state index contributed by atoms with van der Waals surface area (Å²) in [5.74, 6) is 1.21. The number of aryl methyl sites for hydroxylation is 3. The lowest BCUT2D eigenvalue weighted by Crippen LogP contribution is -2.06. The molecule has 136 valence electrons. The maximum Gasteiger partial charge on any atom is 0.196 e. The van der Waals surface area contributed by atoms with E-state index in [1.807, 2.05) is 60.9 Å². The standard InChI is InChI=1S/C21H20N4OS/c1-13-8-4-7-11-18(13)25-15(3)23-24-21(25)27-12-19(26)20-14(2)22-17-10-6-5-9-16(17)20/h4-11,22H,12H2,1-3H3. The first-order valence-electron chi connectivity index (χ1n) is 8.77. The molecule has 0 atom stereocenters. The predicted octanol–water partition coefficient (Wildman–Crippen LogP) is 4.65. The van der Waals surface area contributed by atoms with E-state index in [0.29, 0.717) is 5.75 Å². The first kappa shape index (κ1) is 17.5. The highest BCUT2D eigenvalue weighted by molar-refractivity contribution is 7.99. The van der Waals surface area contributed by atoms with Gasteiger partial charge in [0.25, 0.3) is 0 Å². The van der Waals surface area contributed by atoms with Gasteiger partial charge in [-0.25, -0.2) is 0 Å². The maximum atomic E-state index is 12.9. The van der Waals surface area contributed by atoms with Gasteiger partial charge in [0.1, 0.15) is 5.82 Å². The van der Waals surface area contributed by atoms with Gasteiger partial charge in [0, 0.05) is 22.2 Å². The summed E-state index contributed by atoms with van der Waals surface area (Å²) in [5, 5.41) is 10.2. The summed E-state index contributed by atoms with van der Waals surface area (Å²) in [7, 11) is 0. The van der Waals surface area contributed by atoms with Crippen LogP contribution in [0.3, 0.4) is 0 Å². The summed E-state index contributed by atoms with van der Waals surface area (Å²) >= 11 is 1.42. The minimum absolute atomic E-state index is 0.0898. The SMILES string of the molecule is Cc1ccccc1-n1c(C)nnc1SCC(=O)c1c(C)[nH]c2ccccc12. The monoisotopic (exact) mass is 376 g/mol. The molecular weight excluding hydrogens is 356 g/mol. The first-order chi connectivity index (χ1) is 13.1. The molecule has 0 fully saturated rings. The molecule has 2 heterocycles. The normalized spacial score (nSPS) is 11.2. The maximum absolute atomic E-state index is 12.9. The van der Waals surface area contributed by atoms with Crippen molar-refractivity contribution < 1.29 is 4.79 Å². The Bertz CT molecular complexity index is 1140. The van der Waals surface area contributed by atoms with Crippen LogP contribution < -0.4 is 0 Å². The van der Waals surface area contributed by atoms with Crippen LogP contribution in [0.1, 0.15) is 27.4 Å². The van der Waals surface area contributed by atoms with Crippen LogP contribution in [0, 0.1) is 20.8 Å². The van der Waals surface area contributed by atoms with Gasteiger partial charge >= 0.3 is 0 Å². The van der Waals surface area contributed by atoms with Crippen molar-refractivity contribution in [1.29, 1.82) is 0 Å². The van der Waals surface area contributed by atoms with Gasteiger partial charge in [0.15, 0.2) is 10.9 Å². The lowest BCUT2D eigenvalue weighted by atomic mass is 10.1. The van der Waals surface area contributed by atoms with Gasteiger partial charge in [-0.1, -0.05) is 48.2 Å². The number of rotatable bonds is 5. The van der Waals surface area contributed by atoms with E-state index in [0.717, 1.165) is 44.4 Å². The Balaban J connectivity index is 1.62. The van der Waals surface area contributed by atoms with Crippen LogP contribution in [-0.2, 0) is 0 Å². The summed E-state index contributed by atoms with van der Waals surface area (Å²) in [4.78, 5) is 16.2. The number of fused-ring (bicyclic) bond motifs is 1. The summed E-state index contributed by atoms with van der Waals surface area (Å²) in [6, 6.07) is 16.0. The van der Waals surface area contributed by atoms with Crippen molar-refractivity contribution in [3.8, 4) is 5.69 Å². The summed E-state index contributed by atoms with van der Waals surface area (Å²) in [5.41, 5.74) is 4.83. The zero-order valence-electron chi connectivity index (χ0n) is 15.5. The molecule has 27 heavy (non-hydrogen) atoms. The average Bonchev–Trinajstić information content (AvgIpc) is 3.19. The van der Waals surface area contributed by atoms with Crippen molar-refractivity contribution in [2.24, 2.45) is 0 Å². The molecule has 0 saturated carbocycles. The second kappa shape index (κ2) is 7.04. The Labute approximate surface area is 161 Å². The van der Waals surface area contributed by atoms with E-state index in [1.165, 1.54) is 11.8 Å². The molecular formula is C21H20N4OS. The molecule has 4 rings (SSSR count). The lowest BCUT2D eigenvalue weighted by Gasteiger charge is -2.11. The molecule has 1 N–H and O–H groups in total. The van der Waals surface area contributed by atoms with Crippen molar-refractivity contribution >= 4 is 28.4 Å². The van der Waals surface area contributed by atoms with E-state index in [4.69, 9.17) is 0 Å². The molecule has 6 heteroatoms. The zero-order valence-corrected chi connectivity index (χ0v) is 16.3. The van der Waals surface area contributed by atoms with Crippen LogP contribution in [0.15, 0.2) is 53.7 Å². The number of benzene rings is 2. The number of para-hydroxylation sites is 2. The van der Waals surface area contributed by atoms with E-state index in [1.54, 1.807) is 0 Å². The summed E-state index contributed by atoms with van der Waals surface area (Å²) in [6.45, 7) is 5.93. The molecule has 2 aromatic carbocycles. The number of carbonyl (C=O) groups excluding carboxylic acids is 1. The third kappa shape index (κ3) is 3.17. The van der Waals surface area contributed by atoms with Crippen LogP contribution in [0.4, 0.5) is 0 Å². The van der Waals surface area contributed by atoms with Crippen molar-refractivity contribution in [3.05, 3.63) is 71.2 Å². The molecule has 0 radical (unpaired) electrons. The fourth-order valence-electron chi connectivity index (χ4n) is 3.37.